The molecular weight excluding hydrogens is 504 g/mol. The number of carbonyl (C=O) groups is 1. The smallest absolute Gasteiger partial charge is 0.243 e. The van der Waals surface area contributed by atoms with Crippen molar-refractivity contribution < 1.29 is 13.2 Å². The molecule has 2 aromatic heterocycles. The molecule has 9 nitrogen and oxygen atoms in total. The number of rotatable bonds is 7. The Kier molecular flexibility index (Phi) is 7.24. The Morgan fingerprint density at radius 1 is 1.14 bits per heavy atom. The number of carbonyl (C=O) groups excluding carboxylic acids is 1. The third-order valence-electron chi connectivity index (χ3n) is 6.37. The second kappa shape index (κ2) is 10.4. The van der Waals surface area contributed by atoms with E-state index in [1.54, 1.807) is 34.3 Å². The van der Waals surface area contributed by atoms with Gasteiger partial charge in [0.15, 0.2) is 4.34 Å². The maximum absolute atomic E-state index is 12.9. The Bertz CT molecular complexity index is 1320. The molecule has 0 bridgehead atoms. The molecule has 5 rings (SSSR count). The minimum atomic E-state index is -3.46. The standard InChI is InChI=1S/C23H28N6O3S3/c1-2-33-23-27-26-22(34-23)25-21(30)17-6-5-11-28(15-17)20-10-7-16-14-18(8-9-19(16)24-20)35(31,32)29-12-3-4-13-29/h7-10,14,17H,2-6,11-13,15H2,1H3,(H,25,26,30)/t17-/m0/s1. The number of benzene rings is 1. The van der Waals surface area contributed by atoms with Crippen LogP contribution in [0.3, 0.4) is 0 Å². The molecule has 0 aliphatic carbocycles. The summed E-state index contributed by atoms with van der Waals surface area (Å²) < 4.78 is 28.2. The minimum absolute atomic E-state index is 0.0450. The molecule has 4 heterocycles. The molecule has 3 aromatic rings. The maximum Gasteiger partial charge on any atom is 0.243 e. The van der Waals surface area contributed by atoms with Crippen molar-refractivity contribution in [1.82, 2.24) is 19.5 Å². The summed E-state index contributed by atoms with van der Waals surface area (Å²) in [6.45, 7) is 4.61. The van der Waals surface area contributed by atoms with Gasteiger partial charge in [-0.25, -0.2) is 13.4 Å². The first-order valence-corrected chi connectivity index (χ1v) is 15.1. The van der Waals surface area contributed by atoms with Gasteiger partial charge in [0, 0.05) is 31.6 Å². The van der Waals surface area contributed by atoms with Crippen molar-refractivity contribution in [3.63, 3.8) is 0 Å². The normalized spacial score (nSPS) is 19.3. The zero-order chi connectivity index (χ0) is 24.4. The first kappa shape index (κ1) is 24.4. The molecule has 1 amide bonds. The highest BCUT2D eigenvalue weighted by atomic mass is 32.2. The van der Waals surface area contributed by atoms with Crippen LogP contribution in [0.4, 0.5) is 10.9 Å². The topological polar surface area (TPSA) is 108 Å². The molecule has 0 spiro atoms. The lowest BCUT2D eigenvalue weighted by molar-refractivity contribution is -0.120. The van der Waals surface area contributed by atoms with E-state index < -0.39 is 10.0 Å². The van der Waals surface area contributed by atoms with Gasteiger partial charge in [-0.1, -0.05) is 30.0 Å². The van der Waals surface area contributed by atoms with Gasteiger partial charge in [-0.05, 0) is 61.8 Å². The van der Waals surface area contributed by atoms with Gasteiger partial charge >= 0.3 is 0 Å². The maximum atomic E-state index is 12.9. The van der Waals surface area contributed by atoms with E-state index in [2.05, 4.69) is 27.3 Å². The van der Waals surface area contributed by atoms with Crippen LogP contribution < -0.4 is 10.2 Å². The summed E-state index contributed by atoms with van der Waals surface area (Å²) in [6, 6.07) is 8.95. The fourth-order valence-electron chi connectivity index (χ4n) is 4.56. The van der Waals surface area contributed by atoms with Gasteiger partial charge in [0.1, 0.15) is 5.82 Å². The van der Waals surface area contributed by atoms with Gasteiger partial charge in [-0.3, -0.25) is 4.79 Å². The van der Waals surface area contributed by atoms with E-state index in [1.807, 2.05) is 12.1 Å². The van der Waals surface area contributed by atoms with Crippen LogP contribution in [0, 0.1) is 5.92 Å². The first-order chi connectivity index (χ1) is 16.9. The molecule has 0 saturated carbocycles. The van der Waals surface area contributed by atoms with E-state index in [-0.39, 0.29) is 11.8 Å². The number of pyridine rings is 1. The molecule has 0 unspecified atom stereocenters. The van der Waals surface area contributed by atoms with E-state index in [0.29, 0.717) is 29.7 Å². The average molecular weight is 533 g/mol. The summed E-state index contributed by atoms with van der Waals surface area (Å²) in [6.07, 6.45) is 3.51. The van der Waals surface area contributed by atoms with Crippen molar-refractivity contribution in [3.8, 4) is 0 Å². The monoisotopic (exact) mass is 532 g/mol. The van der Waals surface area contributed by atoms with E-state index in [4.69, 9.17) is 4.98 Å². The van der Waals surface area contributed by atoms with Crippen molar-refractivity contribution in [1.29, 1.82) is 0 Å². The van der Waals surface area contributed by atoms with Crippen LogP contribution in [0.1, 0.15) is 32.6 Å². The lowest BCUT2D eigenvalue weighted by Gasteiger charge is -2.32. The minimum Gasteiger partial charge on any atom is -0.356 e. The van der Waals surface area contributed by atoms with Crippen molar-refractivity contribution in [3.05, 3.63) is 30.3 Å². The number of nitrogens with one attached hydrogen (secondary N) is 1. The largest absolute Gasteiger partial charge is 0.356 e. The molecule has 35 heavy (non-hydrogen) atoms. The number of anilines is 2. The van der Waals surface area contributed by atoms with Crippen molar-refractivity contribution >= 4 is 60.9 Å². The van der Waals surface area contributed by atoms with Crippen LogP contribution >= 0.6 is 23.1 Å². The number of hydrogen-bond donors (Lipinski definition) is 1. The second-order valence-corrected chi connectivity index (χ2v) is 13.1. The number of sulfonamides is 1. The summed E-state index contributed by atoms with van der Waals surface area (Å²) in [5.41, 5.74) is 0.740. The second-order valence-electron chi connectivity index (χ2n) is 8.72. The first-order valence-electron chi connectivity index (χ1n) is 11.9. The van der Waals surface area contributed by atoms with E-state index >= 15 is 0 Å². The van der Waals surface area contributed by atoms with E-state index in [1.165, 1.54) is 11.3 Å². The average Bonchev–Trinajstić information content (AvgIpc) is 3.57. The quantitative estimate of drug-likeness (QED) is 0.361. The van der Waals surface area contributed by atoms with Crippen LogP contribution in [0.5, 0.6) is 0 Å². The highest BCUT2D eigenvalue weighted by molar-refractivity contribution is 8.01. The SMILES string of the molecule is CCSc1nnc(NC(=O)[C@H]2CCCN(c3ccc4cc(S(=O)(=O)N5CCCC5)ccc4n3)C2)s1. The molecule has 2 aliphatic heterocycles. The Morgan fingerprint density at radius 2 is 1.97 bits per heavy atom. The zero-order valence-electron chi connectivity index (χ0n) is 19.5. The Morgan fingerprint density at radius 3 is 2.77 bits per heavy atom. The molecular formula is C23H28N6O3S3. The highest BCUT2D eigenvalue weighted by Gasteiger charge is 2.29. The summed E-state index contributed by atoms with van der Waals surface area (Å²) in [5.74, 6) is 1.49. The fourth-order valence-corrected chi connectivity index (χ4v) is 7.76. The number of nitrogens with zero attached hydrogens (tertiary/aromatic N) is 5. The number of hydrogen-bond acceptors (Lipinski definition) is 9. The Hall–Kier alpha value is -2.28. The van der Waals surface area contributed by atoms with Gasteiger partial charge in [-0.2, -0.15) is 4.31 Å². The molecule has 2 fully saturated rings. The van der Waals surface area contributed by atoms with Gasteiger partial charge < -0.3 is 10.2 Å². The molecule has 2 saturated heterocycles. The number of thioether (sulfide) groups is 1. The fraction of sp³-hybridized carbons (Fsp3) is 0.478. The third kappa shape index (κ3) is 5.30. The van der Waals surface area contributed by atoms with Crippen LogP contribution in [0.25, 0.3) is 10.9 Å². The Labute approximate surface area is 213 Å². The summed E-state index contributed by atoms with van der Waals surface area (Å²) in [4.78, 5) is 20.1. The van der Waals surface area contributed by atoms with Crippen molar-refractivity contribution in [2.24, 2.45) is 5.92 Å². The molecule has 186 valence electrons. The Balaban J connectivity index is 1.29. The molecule has 1 atom stereocenters. The van der Waals surface area contributed by atoms with Crippen LogP contribution in [0.2, 0.25) is 0 Å². The number of piperidine rings is 1. The lowest BCUT2D eigenvalue weighted by Crippen LogP contribution is -2.41. The molecule has 1 N–H and O–H groups in total. The van der Waals surface area contributed by atoms with Crippen molar-refractivity contribution in [2.45, 2.75) is 41.8 Å². The van der Waals surface area contributed by atoms with Gasteiger partial charge in [0.2, 0.25) is 21.1 Å². The predicted octanol–water partition coefficient (Wildman–Crippen LogP) is 3.84. The number of amides is 1. The molecule has 2 aliphatic rings. The van der Waals surface area contributed by atoms with E-state index in [9.17, 15) is 13.2 Å². The van der Waals surface area contributed by atoms with E-state index in [0.717, 1.165) is 59.0 Å². The molecule has 0 radical (unpaired) electrons. The third-order valence-corrected chi connectivity index (χ3v) is 10.1. The summed E-state index contributed by atoms with van der Waals surface area (Å²) in [5, 5.41) is 12.4. The highest BCUT2D eigenvalue weighted by Crippen LogP contribution is 2.29. The van der Waals surface area contributed by atoms with Gasteiger partial charge in [0.25, 0.3) is 0 Å². The summed E-state index contributed by atoms with van der Waals surface area (Å²) in [7, 11) is -3.46. The van der Waals surface area contributed by atoms with Crippen molar-refractivity contribution in [2.75, 3.05) is 42.1 Å². The van der Waals surface area contributed by atoms with Crippen LogP contribution in [0.15, 0.2) is 39.6 Å². The van der Waals surface area contributed by atoms with Crippen LogP contribution in [-0.2, 0) is 14.8 Å². The predicted molar refractivity (Wildman–Crippen MR) is 140 cm³/mol. The zero-order valence-corrected chi connectivity index (χ0v) is 22.0. The molecule has 12 heteroatoms. The number of fused-ring (bicyclic) bond motifs is 1. The number of aromatic nitrogens is 3. The van der Waals surface area contributed by atoms with Gasteiger partial charge in [0.05, 0.1) is 16.3 Å². The lowest BCUT2D eigenvalue weighted by atomic mass is 9.97. The van der Waals surface area contributed by atoms with Gasteiger partial charge in [-0.15, -0.1) is 10.2 Å². The van der Waals surface area contributed by atoms with Crippen LogP contribution in [-0.4, -0.2) is 65.7 Å². The molecule has 1 aromatic carbocycles. The summed E-state index contributed by atoms with van der Waals surface area (Å²) >= 11 is 3.00.